The molecule has 5 rings (SSSR count). The number of fused-ring (bicyclic) bond motifs is 1. The normalized spacial score (nSPS) is 16.2. The number of rotatable bonds is 8. The van der Waals surface area contributed by atoms with E-state index < -0.39 is 6.10 Å². The summed E-state index contributed by atoms with van der Waals surface area (Å²) in [6.45, 7) is 4.71. The molecule has 176 valence electrons. The number of hydrogen-bond donors (Lipinski definition) is 1. The molecule has 8 heteroatoms. The average Bonchev–Trinajstić information content (AvgIpc) is 3.29. The number of aliphatic hydroxyl groups is 1. The highest BCUT2D eigenvalue weighted by Crippen LogP contribution is 2.29. The lowest BCUT2D eigenvalue weighted by Gasteiger charge is -2.40. The molecule has 1 fully saturated rings. The smallest absolute Gasteiger partial charge is 0.243 e. The van der Waals surface area contributed by atoms with Gasteiger partial charge in [-0.2, -0.15) is 4.98 Å². The number of benzene rings is 2. The molecular weight excluding hydrogens is 428 g/mol. The van der Waals surface area contributed by atoms with Crippen LogP contribution in [0.2, 0.25) is 0 Å². The summed E-state index contributed by atoms with van der Waals surface area (Å²) >= 11 is 0. The van der Waals surface area contributed by atoms with Crippen LogP contribution < -0.4 is 4.74 Å². The number of hydrogen-bond acceptors (Lipinski definition) is 7. The van der Waals surface area contributed by atoms with Crippen molar-refractivity contribution >= 4 is 11.2 Å². The van der Waals surface area contributed by atoms with Gasteiger partial charge in [-0.15, -0.1) is 0 Å². The zero-order valence-electron chi connectivity index (χ0n) is 19.4. The Kier molecular flexibility index (Phi) is 6.80. The van der Waals surface area contributed by atoms with Gasteiger partial charge in [-0.3, -0.25) is 9.80 Å². The third-order valence-corrected chi connectivity index (χ3v) is 6.45. The summed E-state index contributed by atoms with van der Waals surface area (Å²) in [7, 11) is 1.58. The molecule has 1 atom stereocenters. The second-order valence-electron chi connectivity index (χ2n) is 8.67. The molecular formula is C26H30N6O2. The van der Waals surface area contributed by atoms with Gasteiger partial charge in [0.15, 0.2) is 11.2 Å². The van der Waals surface area contributed by atoms with Crippen molar-refractivity contribution in [1.29, 1.82) is 0 Å². The first-order valence-electron chi connectivity index (χ1n) is 11.7. The zero-order chi connectivity index (χ0) is 23.3. The van der Waals surface area contributed by atoms with Crippen LogP contribution in [0.15, 0.2) is 73.3 Å². The van der Waals surface area contributed by atoms with Gasteiger partial charge < -0.3 is 14.4 Å². The minimum atomic E-state index is -0.534. The summed E-state index contributed by atoms with van der Waals surface area (Å²) in [6, 6.07) is 21.6. The molecule has 8 nitrogen and oxygen atoms in total. The lowest BCUT2D eigenvalue weighted by molar-refractivity contribution is 0.0560. The number of imidazole rings is 1. The SMILES string of the molecule is COc1ncnc2ncn(CC(O)CN3CCN(C(c4ccccc4)c4ccccc4)CC3)c12. The zero-order valence-corrected chi connectivity index (χ0v) is 19.4. The molecule has 0 radical (unpaired) electrons. The van der Waals surface area contributed by atoms with Gasteiger partial charge in [0.1, 0.15) is 6.33 Å². The fraction of sp³-hybridized carbons (Fsp3) is 0.346. The van der Waals surface area contributed by atoms with E-state index in [2.05, 4.69) is 85.4 Å². The molecule has 0 amide bonds. The van der Waals surface area contributed by atoms with Crippen LogP contribution in [-0.2, 0) is 6.54 Å². The predicted molar refractivity (Wildman–Crippen MR) is 131 cm³/mol. The fourth-order valence-corrected chi connectivity index (χ4v) is 4.84. The third-order valence-electron chi connectivity index (χ3n) is 6.45. The largest absolute Gasteiger partial charge is 0.479 e. The minimum Gasteiger partial charge on any atom is -0.479 e. The first-order chi connectivity index (χ1) is 16.7. The van der Waals surface area contributed by atoms with Gasteiger partial charge in [-0.1, -0.05) is 60.7 Å². The maximum atomic E-state index is 10.8. The Labute approximate surface area is 199 Å². The van der Waals surface area contributed by atoms with Crippen LogP contribution in [-0.4, -0.2) is 80.4 Å². The van der Waals surface area contributed by atoms with E-state index in [4.69, 9.17) is 4.74 Å². The Bertz CT molecular complexity index is 1150. The molecule has 1 aliphatic heterocycles. The summed E-state index contributed by atoms with van der Waals surface area (Å²) in [4.78, 5) is 17.5. The van der Waals surface area contributed by atoms with E-state index >= 15 is 0 Å². The number of methoxy groups -OCH3 is 1. The maximum absolute atomic E-state index is 10.8. The molecule has 34 heavy (non-hydrogen) atoms. The average molecular weight is 459 g/mol. The van der Waals surface area contributed by atoms with E-state index in [0.29, 0.717) is 30.1 Å². The summed E-state index contributed by atoms with van der Waals surface area (Å²) in [6.07, 6.45) is 2.59. The van der Waals surface area contributed by atoms with Gasteiger partial charge in [-0.05, 0) is 11.1 Å². The summed E-state index contributed by atoms with van der Waals surface area (Å²) < 4.78 is 7.23. The molecule has 0 spiro atoms. The second-order valence-corrected chi connectivity index (χ2v) is 8.67. The lowest BCUT2D eigenvalue weighted by Crippen LogP contribution is -2.50. The van der Waals surface area contributed by atoms with Gasteiger partial charge in [0.05, 0.1) is 32.1 Å². The van der Waals surface area contributed by atoms with Gasteiger partial charge >= 0.3 is 0 Å². The van der Waals surface area contributed by atoms with Gasteiger partial charge in [0, 0.05) is 32.7 Å². The van der Waals surface area contributed by atoms with Crippen molar-refractivity contribution in [3.63, 3.8) is 0 Å². The highest BCUT2D eigenvalue weighted by Gasteiger charge is 2.27. The van der Waals surface area contributed by atoms with Crippen LogP contribution in [0.4, 0.5) is 0 Å². The Morgan fingerprint density at radius 1 is 0.853 bits per heavy atom. The molecule has 2 aromatic heterocycles. The maximum Gasteiger partial charge on any atom is 0.243 e. The van der Waals surface area contributed by atoms with E-state index in [1.807, 2.05) is 4.57 Å². The molecule has 0 bridgehead atoms. The molecule has 3 heterocycles. The van der Waals surface area contributed by atoms with Crippen molar-refractivity contribution in [1.82, 2.24) is 29.3 Å². The van der Waals surface area contributed by atoms with Crippen molar-refractivity contribution in [2.75, 3.05) is 39.8 Å². The quantitative estimate of drug-likeness (QED) is 0.435. The molecule has 0 saturated carbocycles. The van der Waals surface area contributed by atoms with Crippen molar-refractivity contribution in [2.24, 2.45) is 0 Å². The number of piperazine rings is 1. The Morgan fingerprint density at radius 3 is 2.12 bits per heavy atom. The summed E-state index contributed by atoms with van der Waals surface area (Å²) in [5, 5.41) is 10.8. The van der Waals surface area contributed by atoms with Crippen LogP contribution in [0.1, 0.15) is 17.2 Å². The molecule has 1 N–H and O–H groups in total. The van der Waals surface area contributed by atoms with E-state index in [1.54, 1.807) is 13.4 Å². The van der Waals surface area contributed by atoms with Crippen LogP contribution in [0.5, 0.6) is 5.88 Å². The lowest BCUT2D eigenvalue weighted by atomic mass is 9.96. The number of aliphatic hydroxyl groups excluding tert-OH is 1. The molecule has 1 aliphatic rings. The summed E-state index contributed by atoms with van der Waals surface area (Å²) in [5.74, 6) is 0.469. The summed E-state index contributed by atoms with van der Waals surface area (Å²) in [5.41, 5.74) is 3.90. The van der Waals surface area contributed by atoms with E-state index in [9.17, 15) is 5.11 Å². The van der Waals surface area contributed by atoms with E-state index in [0.717, 1.165) is 26.2 Å². The van der Waals surface area contributed by atoms with E-state index in [-0.39, 0.29) is 6.04 Å². The van der Waals surface area contributed by atoms with Crippen molar-refractivity contribution in [3.8, 4) is 5.88 Å². The third kappa shape index (κ3) is 4.79. The number of nitrogens with zero attached hydrogens (tertiary/aromatic N) is 6. The monoisotopic (exact) mass is 458 g/mol. The molecule has 4 aromatic rings. The van der Waals surface area contributed by atoms with Crippen LogP contribution >= 0.6 is 0 Å². The Balaban J connectivity index is 1.23. The van der Waals surface area contributed by atoms with Crippen molar-refractivity contribution in [3.05, 3.63) is 84.4 Å². The second kappa shape index (κ2) is 10.3. The number of ether oxygens (including phenoxy) is 1. The Morgan fingerprint density at radius 2 is 1.50 bits per heavy atom. The molecule has 1 saturated heterocycles. The van der Waals surface area contributed by atoms with Crippen molar-refractivity contribution in [2.45, 2.75) is 18.7 Å². The van der Waals surface area contributed by atoms with Crippen LogP contribution in [0.3, 0.4) is 0 Å². The van der Waals surface area contributed by atoms with Gasteiger partial charge in [-0.25, -0.2) is 9.97 Å². The first-order valence-corrected chi connectivity index (χ1v) is 11.7. The van der Waals surface area contributed by atoms with Crippen LogP contribution in [0, 0.1) is 0 Å². The Hall–Kier alpha value is -3.33. The molecule has 2 aromatic carbocycles. The van der Waals surface area contributed by atoms with Gasteiger partial charge in [0.2, 0.25) is 5.88 Å². The van der Waals surface area contributed by atoms with Crippen LogP contribution in [0.25, 0.3) is 11.2 Å². The van der Waals surface area contributed by atoms with E-state index in [1.165, 1.54) is 17.5 Å². The van der Waals surface area contributed by atoms with Gasteiger partial charge in [0.25, 0.3) is 0 Å². The standard InChI is InChI=1S/C26H30N6O2/c1-34-26-24-25(27-18-28-26)29-19-32(24)17-22(33)16-30-12-14-31(15-13-30)23(20-8-4-2-5-9-20)21-10-6-3-7-11-21/h2-11,18-19,22-23,33H,12-17H2,1H3. The van der Waals surface area contributed by atoms with Crippen molar-refractivity contribution < 1.29 is 9.84 Å². The minimum absolute atomic E-state index is 0.235. The fourth-order valence-electron chi connectivity index (χ4n) is 4.84. The first kappa shape index (κ1) is 22.5. The molecule has 1 unspecified atom stereocenters. The molecule has 0 aliphatic carbocycles. The number of aromatic nitrogens is 4. The highest BCUT2D eigenvalue weighted by atomic mass is 16.5. The topological polar surface area (TPSA) is 79.5 Å². The number of β-amino-alcohol motifs (C(OH)–C–C–N with tert-alkyl or cyclic N) is 1. The predicted octanol–water partition coefficient (Wildman–Crippen LogP) is 2.60. The highest BCUT2D eigenvalue weighted by molar-refractivity contribution is 5.76.